The van der Waals surface area contributed by atoms with Crippen molar-refractivity contribution in [2.45, 2.75) is 13.1 Å². The zero-order valence-electron chi connectivity index (χ0n) is 17.3. The van der Waals surface area contributed by atoms with Crippen molar-refractivity contribution in [3.8, 4) is 0 Å². The number of amides is 1. The molecule has 3 aromatic rings. The van der Waals surface area contributed by atoms with Crippen LogP contribution in [-0.4, -0.2) is 16.0 Å². The normalized spacial score (nSPS) is 10.9. The number of hydrogen-bond donors (Lipinski definition) is 3. The molecule has 0 bridgehead atoms. The highest BCUT2D eigenvalue weighted by Gasteiger charge is 2.35. The Morgan fingerprint density at radius 2 is 1.85 bits per heavy atom. The van der Waals surface area contributed by atoms with Crippen LogP contribution in [0.3, 0.4) is 0 Å². The molecule has 3 rings (SSSR count). The summed E-state index contributed by atoms with van der Waals surface area (Å²) in [5.74, 6) is -2.65. The Kier molecular flexibility index (Phi) is 7.07. The van der Waals surface area contributed by atoms with Crippen molar-refractivity contribution >= 4 is 40.3 Å². The van der Waals surface area contributed by atoms with Crippen LogP contribution in [0.1, 0.15) is 27.0 Å². The van der Waals surface area contributed by atoms with E-state index in [0.717, 1.165) is 23.3 Å². The molecule has 170 valence electrons. The molecule has 0 spiro atoms. The number of benzene rings is 2. The van der Waals surface area contributed by atoms with E-state index < -0.39 is 29.0 Å². The molecule has 1 heterocycles. The van der Waals surface area contributed by atoms with E-state index in [0.29, 0.717) is 17.5 Å². The van der Waals surface area contributed by atoms with Crippen molar-refractivity contribution < 1.29 is 22.4 Å². The van der Waals surface area contributed by atoms with Crippen molar-refractivity contribution in [3.05, 3.63) is 95.6 Å². The lowest BCUT2D eigenvalue weighted by Gasteiger charge is -2.16. The number of anilines is 2. The van der Waals surface area contributed by atoms with Gasteiger partial charge in [0.25, 0.3) is 5.91 Å². The lowest BCUT2D eigenvalue weighted by atomic mass is 10.1. The fourth-order valence-corrected chi connectivity index (χ4v) is 3.10. The molecule has 0 atom stereocenters. The molecule has 2 aromatic carbocycles. The average molecular weight is 474 g/mol. The molecule has 1 aromatic heterocycles. The van der Waals surface area contributed by atoms with Crippen LogP contribution in [0.4, 0.5) is 28.9 Å². The standard InChI is InChI=1S/C23H18F4N4OS/c1-13-8-9-16(30-21(32)17-6-3-7-18(20(17)24)23(25,26)27)11-19(13)31-22(33)29-14(2)15-5-4-10-28-12-15/h3-12H,2H2,1H3,(H,30,32)(H2,29,31,33). The Balaban J connectivity index is 1.73. The van der Waals surface area contributed by atoms with Gasteiger partial charge < -0.3 is 16.0 Å². The molecule has 0 radical (unpaired) electrons. The van der Waals surface area contributed by atoms with Crippen LogP contribution in [0.2, 0.25) is 0 Å². The van der Waals surface area contributed by atoms with E-state index in [9.17, 15) is 22.4 Å². The summed E-state index contributed by atoms with van der Waals surface area (Å²) in [5, 5.41) is 8.53. The monoisotopic (exact) mass is 474 g/mol. The van der Waals surface area contributed by atoms with Crippen LogP contribution in [0.5, 0.6) is 0 Å². The quantitative estimate of drug-likeness (QED) is 0.324. The van der Waals surface area contributed by atoms with Gasteiger partial charge in [0.05, 0.1) is 11.1 Å². The Labute approximate surface area is 192 Å². The van der Waals surface area contributed by atoms with Crippen LogP contribution >= 0.6 is 12.2 Å². The molecule has 5 nitrogen and oxygen atoms in total. The lowest BCUT2D eigenvalue weighted by molar-refractivity contribution is -0.140. The molecular weight excluding hydrogens is 456 g/mol. The number of thiocarbonyl (C=S) groups is 1. The minimum absolute atomic E-state index is 0.222. The summed E-state index contributed by atoms with van der Waals surface area (Å²) in [6.45, 7) is 5.69. The molecule has 33 heavy (non-hydrogen) atoms. The average Bonchev–Trinajstić information content (AvgIpc) is 2.75. The summed E-state index contributed by atoms with van der Waals surface area (Å²) in [6, 6.07) is 10.8. The first-order valence-electron chi connectivity index (χ1n) is 9.51. The summed E-state index contributed by atoms with van der Waals surface area (Å²) in [6.07, 6.45) is -1.67. The first-order chi connectivity index (χ1) is 15.6. The molecular formula is C23H18F4N4OS. The molecule has 0 aliphatic rings. The molecule has 0 saturated heterocycles. The van der Waals surface area contributed by atoms with Gasteiger partial charge in [-0.2, -0.15) is 13.2 Å². The zero-order chi connectivity index (χ0) is 24.2. The molecule has 0 fully saturated rings. The molecule has 0 aliphatic carbocycles. The number of aryl methyl sites for hydroxylation is 1. The SMILES string of the molecule is C=C(NC(=S)Nc1cc(NC(=O)c2cccc(C(F)(F)F)c2F)ccc1C)c1cccnc1. The van der Waals surface area contributed by atoms with Gasteiger partial charge in [-0.1, -0.05) is 18.7 Å². The van der Waals surface area contributed by atoms with Crippen molar-refractivity contribution in [2.24, 2.45) is 0 Å². The zero-order valence-corrected chi connectivity index (χ0v) is 18.1. The van der Waals surface area contributed by atoms with Crippen molar-refractivity contribution in [2.75, 3.05) is 10.6 Å². The number of carbonyl (C=O) groups is 1. The fraction of sp³-hybridized carbons (Fsp3) is 0.0870. The summed E-state index contributed by atoms with van der Waals surface area (Å²) >= 11 is 5.30. The third kappa shape index (κ3) is 5.92. The first-order valence-corrected chi connectivity index (χ1v) is 9.92. The lowest BCUT2D eigenvalue weighted by Crippen LogP contribution is -2.27. The Bertz CT molecular complexity index is 1210. The van der Waals surface area contributed by atoms with E-state index in [-0.39, 0.29) is 10.8 Å². The number of hydrogen-bond acceptors (Lipinski definition) is 3. The second-order valence-corrected chi connectivity index (χ2v) is 7.36. The number of alkyl halides is 3. The van der Waals surface area contributed by atoms with Crippen LogP contribution < -0.4 is 16.0 Å². The molecule has 3 N–H and O–H groups in total. The Hall–Kier alpha value is -3.79. The predicted molar refractivity (Wildman–Crippen MR) is 123 cm³/mol. The minimum Gasteiger partial charge on any atom is -0.332 e. The highest BCUT2D eigenvalue weighted by Crippen LogP contribution is 2.32. The van der Waals surface area contributed by atoms with E-state index in [1.54, 1.807) is 37.5 Å². The van der Waals surface area contributed by atoms with E-state index in [4.69, 9.17) is 12.2 Å². The second-order valence-electron chi connectivity index (χ2n) is 6.95. The number of nitrogens with zero attached hydrogens (tertiary/aromatic N) is 1. The maximum Gasteiger partial charge on any atom is 0.419 e. The van der Waals surface area contributed by atoms with E-state index in [1.165, 1.54) is 12.1 Å². The maximum atomic E-state index is 14.3. The summed E-state index contributed by atoms with van der Waals surface area (Å²) in [5.41, 5.74) is 0.559. The highest BCUT2D eigenvalue weighted by atomic mass is 32.1. The molecule has 0 aliphatic heterocycles. The van der Waals surface area contributed by atoms with Gasteiger partial charge in [0.2, 0.25) is 0 Å². The van der Waals surface area contributed by atoms with Crippen LogP contribution in [0, 0.1) is 12.7 Å². The van der Waals surface area contributed by atoms with Crippen molar-refractivity contribution in [1.29, 1.82) is 0 Å². The van der Waals surface area contributed by atoms with Gasteiger partial charge in [-0.3, -0.25) is 9.78 Å². The number of carbonyl (C=O) groups excluding carboxylic acids is 1. The number of nitrogens with one attached hydrogen (secondary N) is 3. The smallest absolute Gasteiger partial charge is 0.332 e. The molecule has 1 amide bonds. The van der Waals surface area contributed by atoms with Gasteiger partial charge in [-0.25, -0.2) is 4.39 Å². The highest BCUT2D eigenvalue weighted by molar-refractivity contribution is 7.80. The fourth-order valence-electron chi connectivity index (χ4n) is 2.86. The van der Waals surface area contributed by atoms with E-state index >= 15 is 0 Å². The van der Waals surface area contributed by atoms with Gasteiger partial charge in [0.1, 0.15) is 5.82 Å². The summed E-state index contributed by atoms with van der Waals surface area (Å²) in [7, 11) is 0. The molecule has 0 saturated carbocycles. The number of pyridine rings is 1. The van der Waals surface area contributed by atoms with Crippen molar-refractivity contribution in [1.82, 2.24) is 10.3 Å². The number of halogens is 4. The van der Waals surface area contributed by atoms with Gasteiger partial charge in [-0.05, 0) is 61.1 Å². The minimum atomic E-state index is -4.91. The summed E-state index contributed by atoms with van der Waals surface area (Å²) < 4.78 is 53.1. The Morgan fingerprint density at radius 1 is 1.09 bits per heavy atom. The van der Waals surface area contributed by atoms with Crippen LogP contribution in [0.15, 0.2) is 67.5 Å². The van der Waals surface area contributed by atoms with Gasteiger partial charge in [0, 0.05) is 35.0 Å². The van der Waals surface area contributed by atoms with E-state index in [2.05, 4.69) is 27.5 Å². The maximum absolute atomic E-state index is 14.3. The second kappa shape index (κ2) is 9.78. The molecule has 10 heteroatoms. The number of rotatable bonds is 5. The van der Waals surface area contributed by atoms with Crippen molar-refractivity contribution in [3.63, 3.8) is 0 Å². The molecule has 0 unspecified atom stereocenters. The predicted octanol–water partition coefficient (Wildman–Crippen LogP) is 5.76. The largest absolute Gasteiger partial charge is 0.419 e. The van der Waals surface area contributed by atoms with Gasteiger partial charge in [0.15, 0.2) is 5.11 Å². The van der Waals surface area contributed by atoms with Gasteiger partial charge in [-0.15, -0.1) is 0 Å². The first kappa shape index (κ1) is 23.9. The summed E-state index contributed by atoms with van der Waals surface area (Å²) in [4.78, 5) is 16.4. The van der Waals surface area contributed by atoms with Gasteiger partial charge >= 0.3 is 6.18 Å². The third-order valence-electron chi connectivity index (χ3n) is 4.57. The van der Waals surface area contributed by atoms with Crippen LogP contribution in [0.25, 0.3) is 5.70 Å². The number of aromatic nitrogens is 1. The topological polar surface area (TPSA) is 66.0 Å². The third-order valence-corrected chi connectivity index (χ3v) is 4.77. The Morgan fingerprint density at radius 3 is 2.52 bits per heavy atom. The van der Waals surface area contributed by atoms with E-state index in [1.807, 2.05) is 0 Å². The van der Waals surface area contributed by atoms with Crippen LogP contribution in [-0.2, 0) is 6.18 Å².